The van der Waals surface area contributed by atoms with Gasteiger partial charge in [0, 0.05) is 0 Å². The fourth-order valence-corrected chi connectivity index (χ4v) is 1.56. The number of carbonyl (C=O) groups is 1. The molecule has 1 aromatic rings. The molecule has 0 aliphatic heterocycles. The summed E-state index contributed by atoms with van der Waals surface area (Å²) in [7, 11) is 0. The topological polar surface area (TPSA) is 37.3 Å². The van der Waals surface area contributed by atoms with Crippen LogP contribution < -0.4 is 0 Å². The summed E-state index contributed by atoms with van der Waals surface area (Å²) < 4.78 is 13.4. The van der Waals surface area contributed by atoms with Crippen molar-refractivity contribution >= 4 is 17.6 Å². The minimum Gasteiger partial charge on any atom is -0.478 e. The zero-order valence-electron chi connectivity index (χ0n) is 7.84. The molecule has 0 spiro atoms. The van der Waals surface area contributed by atoms with Gasteiger partial charge in [-0.15, -0.1) is 0 Å². The molecule has 2 nitrogen and oxygen atoms in total. The van der Waals surface area contributed by atoms with Crippen molar-refractivity contribution in [2.75, 3.05) is 0 Å². The van der Waals surface area contributed by atoms with Crippen LogP contribution in [0.15, 0.2) is 12.1 Å². The highest BCUT2D eigenvalue weighted by molar-refractivity contribution is 6.32. The highest BCUT2D eigenvalue weighted by atomic mass is 35.5. The summed E-state index contributed by atoms with van der Waals surface area (Å²) >= 11 is 5.70. The molecule has 1 N–H and O–H groups in total. The first-order chi connectivity index (χ1) is 6.45. The van der Waals surface area contributed by atoms with Crippen LogP contribution in [0.1, 0.15) is 35.7 Å². The van der Waals surface area contributed by atoms with E-state index < -0.39 is 11.8 Å². The Morgan fingerprint density at radius 1 is 1.50 bits per heavy atom. The van der Waals surface area contributed by atoms with E-state index in [9.17, 15) is 9.18 Å². The Bertz CT molecular complexity index is 375. The van der Waals surface area contributed by atoms with Gasteiger partial charge in [-0.3, -0.25) is 0 Å². The standard InChI is InChI=1S/C10H10ClFO2/c1-5(2)6-3-4-7(10(13)14)9(12)8(6)11/h3-5H,1-2H3,(H,13,14). The molecule has 0 unspecified atom stereocenters. The molecule has 0 saturated heterocycles. The number of aromatic carboxylic acids is 1. The molecule has 1 aromatic carbocycles. The van der Waals surface area contributed by atoms with E-state index in [1.807, 2.05) is 13.8 Å². The number of hydrogen-bond donors (Lipinski definition) is 1. The van der Waals surface area contributed by atoms with Crippen molar-refractivity contribution < 1.29 is 14.3 Å². The normalized spacial score (nSPS) is 10.6. The lowest BCUT2D eigenvalue weighted by atomic mass is 10.0. The van der Waals surface area contributed by atoms with E-state index in [4.69, 9.17) is 16.7 Å². The predicted octanol–water partition coefficient (Wildman–Crippen LogP) is 3.30. The zero-order valence-corrected chi connectivity index (χ0v) is 8.60. The molecule has 0 bridgehead atoms. The third-order valence-electron chi connectivity index (χ3n) is 1.96. The van der Waals surface area contributed by atoms with Gasteiger partial charge < -0.3 is 5.11 Å². The second kappa shape index (κ2) is 3.96. The largest absolute Gasteiger partial charge is 0.478 e. The quantitative estimate of drug-likeness (QED) is 0.824. The van der Waals surface area contributed by atoms with Gasteiger partial charge >= 0.3 is 5.97 Å². The van der Waals surface area contributed by atoms with Crippen molar-refractivity contribution in [3.8, 4) is 0 Å². The molecule has 0 aromatic heterocycles. The minimum atomic E-state index is -1.31. The zero-order chi connectivity index (χ0) is 10.9. The Labute approximate surface area is 86.3 Å². The van der Waals surface area contributed by atoms with Crippen molar-refractivity contribution in [2.45, 2.75) is 19.8 Å². The van der Waals surface area contributed by atoms with Crippen molar-refractivity contribution in [3.05, 3.63) is 34.1 Å². The van der Waals surface area contributed by atoms with E-state index in [2.05, 4.69) is 0 Å². The number of rotatable bonds is 2. The van der Waals surface area contributed by atoms with E-state index in [1.165, 1.54) is 6.07 Å². The van der Waals surface area contributed by atoms with Gasteiger partial charge in [0.25, 0.3) is 0 Å². The van der Waals surface area contributed by atoms with Crippen LogP contribution in [0.25, 0.3) is 0 Å². The van der Waals surface area contributed by atoms with Gasteiger partial charge in [0.1, 0.15) is 0 Å². The lowest BCUT2D eigenvalue weighted by molar-refractivity contribution is 0.0692. The number of benzene rings is 1. The highest BCUT2D eigenvalue weighted by Crippen LogP contribution is 2.28. The fraction of sp³-hybridized carbons (Fsp3) is 0.300. The number of carboxylic acid groups (broad SMARTS) is 1. The van der Waals surface area contributed by atoms with Crippen molar-refractivity contribution in [1.82, 2.24) is 0 Å². The van der Waals surface area contributed by atoms with Crippen LogP contribution in [0.2, 0.25) is 5.02 Å². The van der Waals surface area contributed by atoms with Crippen LogP contribution in [0.3, 0.4) is 0 Å². The molecule has 0 amide bonds. The van der Waals surface area contributed by atoms with Gasteiger partial charge in [0.2, 0.25) is 0 Å². The Balaban J connectivity index is 3.33. The first kappa shape index (κ1) is 11.0. The summed E-state index contributed by atoms with van der Waals surface area (Å²) in [6.45, 7) is 3.72. The van der Waals surface area contributed by atoms with E-state index in [1.54, 1.807) is 6.07 Å². The van der Waals surface area contributed by atoms with Crippen LogP contribution in [0.4, 0.5) is 4.39 Å². The summed E-state index contributed by atoms with van der Waals surface area (Å²) in [6, 6.07) is 2.78. The van der Waals surface area contributed by atoms with Crippen LogP contribution in [-0.2, 0) is 0 Å². The van der Waals surface area contributed by atoms with E-state index in [0.717, 1.165) is 0 Å². The maximum atomic E-state index is 13.4. The summed E-state index contributed by atoms with van der Waals surface area (Å²) in [5.41, 5.74) is 0.230. The minimum absolute atomic E-state index is 0.0693. The molecule has 0 aliphatic carbocycles. The number of halogens is 2. The molecule has 0 radical (unpaired) electrons. The summed E-state index contributed by atoms with van der Waals surface area (Å²) in [6.07, 6.45) is 0. The van der Waals surface area contributed by atoms with Gasteiger partial charge in [0.05, 0.1) is 10.6 Å². The van der Waals surface area contributed by atoms with Gasteiger partial charge in [-0.05, 0) is 17.5 Å². The molecule has 0 aliphatic rings. The van der Waals surface area contributed by atoms with E-state index >= 15 is 0 Å². The van der Waals surface area contributed by atoms with Crippen LogP contribution in [-0.4, -0.2) is 11.1 Å². The molecule has 0 heterocycles. The molecular weight excluding hydrogens is 207 g/mol. The molecule has 0 saturated carbocycles. The average Bonchev–Trinajstić information content (AvgIpc) is 2.08. The SMILES string of the molecule is CC(C)c1ccc(C(=O)O)c(F)c1Cl. The van der Waals surface area contributed by atoms with E-state index in [0.29, 0.717) is 5.56 Å². The Kier molecular flexibility index (Phi) is 3.11. The first-order valence-electron chi connectivity index (χ1n) is 4.16. The van der Waals surface area contributed by atoms with E-state index in [-0.39, 0.29) is 16.5 Å². The maximum Gasteiger partial charge on any atom is 0.338 e. The Hall–Kier alpha value is -1.09. The predicted molar refractivity (Wildman–Crippen MR) is 52.5 cm³/mol. The number of hydrogen-bond acceptors (Lipinski definition) is 1. The molecular formula is C10H10ClFO2. The first-order valence-corrected chi connectivity index (χ1v) is 4.54. The fourth-order valence-electron chi connectivity index (χ4n) is 1.18. The van der Waals surface area contributed by atoms with Crippen molar-refractivity contribution in [3.63, 3.8) is 0 Å². The number of carboxylic acids is 1. The van der Waals surface area contributed by atoms with Crippen LogP contribution in [0, 0.1) is 5.82 Å². The monoisotopic (exact) mass is 216 g/mol. The van der Waals surface area contributed by atoms with Crippen LogP contribution >= 0.6 is 11.6 Å². The lowest BCUT2D eigenvalue weighted by Crippen LogP contribution is -2.03. The van der Waals surface area contributed by atoms with Gasteiger partial charge in [-0.25, -0.2) is 9.18 Å². The van der Waals surface area contributed by atoms with Gasteiger partial charge in [-0.2, -0.15) is 0 Å². The molecule has 4 heteroatoms. The third kappa shape index (κ3) is 1.87. The second-order valence-corrected chi connectivity index (χ2v) is 3.67. The van der Waals surface area contributed by atoms with Gasteiger partial charge in [0.15, 0.2) is 5.82 Å². The summed E-state index contributed by atoms with van der Waals surface area (Å²) in [5, 5.41) is 8.52. The van der Waals surface area contributed by atoms with Crippen molar-refractivity contribution in [1.29, 1.82) is 0 Å². The Morgan fingerprint density at radius 3 is 2.50 bits per heavy atom. The van der Waals surface area contributed by atoms with Gasteiger partial charge in [-0.1, -0.05) is 31.5 Å². The second-order valence-electron chi connectivity index (χ2n) is 3.29. The summed E-state index contributed by atoms with van der Waals surface area (Å²) in [4.78, 5) is 10.6. The van der Waals surface area contributed by atoms with Crippen LogP contribution in [0.5, 0.6) is 0 Å². The van der Waals surface area contributed by atoms with Crippen molar-refractivity contribution in [2.24, 2.45) is 0 Å². The molecule has 1 rings (SSSR count). The molecule has 14 heavy (non-hydrogen) atoms. The third-order valence-corrected chi connectivity index (χ3v) is 2.35. The average molecular weight is 217 g/mol. The Morgan fingerprint density at radius 2 is 2.07 bits per heavy atom. The maximum absolute atomic E-state index is 13.4. The smallest absolute Gasteiger partial charge is 0.338 e. The summed E-state index contributed by atoms with van der Waals surface area (Å²) in [5.74, 6) is -2.09. The highest BCUT2D eigenvalue weighted by Gasteiger charge is 2.17. The molecule has 0 atom stereocenters. The molecule has 0 fully saturated rings. The molecule has 76 valence electrons. The lowest BCUT2D eigenvalue weighted by Gasteiger charge is -2.09.